The van der Waals surface area contributed by atoms with E-state index < -0.39 is 0 Å². The zero-order valence-electron chi connectivity index (χ0n) is 11.7. The Bertz CT molecular complexity index is 579. The van der Waals surface area contributed by atoms with Crippen molar-refractivity contribution in [3.8, 4) is 5.75 Å². The molecule has 0 amide bonds. The molecule has 0 saturated heterocycles. The van der Waals surface area contributed by atoms with Crippen molar-refractivity contribution in [2.75, 3.05) is 6.61 Å². The minimum absolute atomic E-state index is 0.0445. The van der Waals surface area contributed by atoms with Gasteiger partial charge in [-0.1, -0.05) is 36.4 Å². The van der Waals surface area contributed by atoms with E-state index in [0.717, 1.165) is 18.4 Å². The molecule has 3 N–H and O–H groups in total. The van der Waals surface area contributed by atoms with E-state index in [1.165, 1.54) is 5.56 Å². The Kier molecular flexibility index (Phi) is 4.77. The number of aryl methyl sites for hydroxylation is 2. The molecule has 3 nitrogen and oxygen atoms in total. The van der Waals surface area contributed by atoms with Gasteiger partial charge >= 0.3 is 0 Å². The van der Waals surface area contributed by atoms with Gasteiger partial charge in [-0.3, -0.25) is 5.41 Å². The van der Waals surface area contributed by atoms with E-state index in [4.69, 9.17) is 15.9 Å². The maximum Gasteiger partial charge on any atom is 0.130 e. The third-order valence-corrected chi connectivity index (χ3v) is 3.14. The molecule has 2 aromatic carbocycles. The quantitative estimate of drug-likeness (QED) is 0.480. The second-order valence-electron chi connectivity index (χ2n) is 4.85. The van der Waals surface area contributed by atoms with Gasteiger partial charge in [-0.25, -0.2) is 0 Å². The molecule has 0 unspecified atom stereocenters. The third kappa shape index (κ3) is 3.85. The van der Waals surface area contributed by atoms with Crippen molar-refractivity contribution in [1.29, 1.82) is 5.41 Å². The molecule has 0 aromatic heterocycles. The maximum atomic E-state index is 7.56. The van der Waals surface area contributed by atoms with Crippen molar-refractivity contribution in [3.63, 3.8) is 0 Å². The van der Waals surface area contributed by atoms with E-state index in [1.54, 1.807) is 0 Å². The largest absolute Gasteiger partial charge is 0.493 e. The molecule has 0 bridgehead atoms. The number of benzene rings is 2. The topological polar surface area (TPSA) is 59.1 Å². The summed E-state index contributed by atoms with van der Waals surface area (Å²) in [7, 11) is 0. The fourth-order valence-electron chi connectivity index (χ4n) is 2.07. The Morgan fingerprint density at radius 3 is 2.60 bits per heavy atom. The van der Waals surface area contributed by atoms with Crippen LogP contribution in [0.3, 0.4) is 0 Å². The molecule has 0 aliphatic heterocycles. The van der Waals surface area contributed by atoms with E-state index in [9.17, 15) is 0 Å². The van der Waals surface area contributed by atoms with Gasteiger partial charge in [0.2, 0.25) is 0 Å². The van der Waals surface area contributed by atoms with Gasteiger partial charge in [-0.05, 0) is 43.0 Å². The molecule has 0 spiro atoms. The van der Waals surface area contributed by atoms with Crippen molar-refractivity contribution in [1.82, 2.24) is 0 Å². The summed E-state index contributed by atoms with van der Waals surface area (Å²) in [6, 6.07) is 16.1. The minimum atomic E-state index is 0.0445. The average molecular weight is 268 g/mol. The van der Waals surface area contributed by atoms with Crippen LogP contribution in [0.5, 0.6) is 5.75 Å². The number of nitrogens with one attached hydrogen (secondary N) is 1. The first kappa shape index (κ1) is 14.1. The van der Waals surface area contributed by atoms with Crippen molar-refractivity contribution < 1.29 is 4.74 Å². The minimum Gasteiger partial charge on any atom is -0.493 e. The molecule has 0 aliphatic carbocycles. The molecule has 104 valence electrons. The first-order valence-electron chi connectivity index (χ1n) is 6.78. The lowest BCUT2D eigenvalue weighted by atomic mass is 10.1. The molecule has 0 radical (unpaired) electrons. The molecule has 20 heavy (non-hydrogen) atoms. The van der Waals surface area contributed by atoms with Crippen LogP contribution in [-0.2, 0) is 6.42 Å². The van der Waals surface area contributed by atoms with Gasteiger partial charge in [0.1, 0.15) is 11.6 Å². The number of hydrogen-bond acceptors (Lipinski definition) is 2. The standard InChI is InChI=1S/C17H20N2O/c1-13-9-10-15(17(18)19)16(12-13)20-11-5-8-14-6-3-2-4-7-14/h2-4,6-7,9-10,12H,5,8,11H2,1H3,(H3,18,19). The summed E-state index contributed by atoms with van der Waals surface area (Å²) in [6.45, 7) is 2.62. The van der Waals surface area contributed by atoms with E-state index in [-0.39, 0.29) is 5.84 Å². The number of rotatable bonds is 6. The molecule has 0 aliphatic rings. The second-order valence-corrected chi connectivity index (χ2v) is 4.85. The highest BCUT2D eigenvalue weighted by Crippen LogP contribution is 2.20. The number of hydrogen-bond donors (Lipinski definition) is 2. The van der Waals surface area contributed by atoms with Crippen LogP contribution in [0.15, 0.2) is 48.5 Å². The van der Waals surface area contributed by atoms with E-state index in [1.807, 2.05) is 43.3 Å². The molecule has 2 rings (SSSR count). The highest BCUT2D eigenvalue weighted by atomic mass is 16.5. The Morgan fingerprint density at radius 1 is 1.15 bits per heavy atom. The summed E-state index contributed by atoms with van der Waals surface area (Å²) in [5.41, 5.74) is 8.64. The third-order valence-electron chi connectivity index (χ3n) is 3.14. The Balaban J connectivity index is 1.91. The van der Waals surface area contributed by atoms with Gasteiger partial charge in [-0.15, -0.1) is 0 Å². The zero-order valence-corrected chi connectivity index (χ0v) is 11.7. The lowest BCUT2D eigenvalue weighted by molar-refractivity contribution is 0.310. The summed E-state index contributed by atoms with van der Waals surface area (Å²) in [5.74, 6) is 0.744. The molecule has 0 saturated carbocycles. The molecule has 3 heteroatoms. The van der Waals surface area contributed by atoms with Crippen molar-refractivity contribution in [3.05, 3.63) is 65.2 Å². The van der Waals surface area contributed by atoms with Gasteiger partial charge in [0.05, 0.1) is 12.2 Å². The summed E-state index contributed by atoms with van der Waals surface area (Å²) in [4.78, 5) is 0. The smallest absolute Gasteiger partial charge is 0.130 e. The van der Waals surface area contributed by atoms with E-state index in [0.29, 0.717) is 17.9 Å². The van der Waals surface area contributed by atoms with Gasteiger partial charge in [0, 0.05) is 0 Å². The number of ether oxygens (including phenoxy) is 1. The monoisotopic (exact) mass is 268 g/mol. The number of amidine groups is 1. The van der Waals surface area contributed by atoms with Crippen LogP contribution in [0, 0.1) is 12.3 Å². The highest BCUT2D eigenvalue weighted by Gasteiger charge is 2.06. The highest BCUT2D eigenvalue weighted by molar-refractivity contribution is 5.97. The van der Waals surface area contributed by atoms with Gasteiger partial charge in [0.25, 0.3) is 0 Å². The van der Waals surface area contributed by atoms with Crippen LogP contribution in [0.2, 0.25) is 0 Å². The molecular formula is C17H20N2O. The van der Waals surface area contributed by atoms with Crippen LogP contribution >= 0.6 is 0 Å². The van der Waals surface area contributed by atoms with E-state index in [2.05, 4.69) is 12.1 Å². The second kappa shape index (κ2) is 6.75. The van der Waals surface area contributed by atoms with Gasteiger partial charge in [-0.2, -0.15) is 0 Å². The summed E-state index contributed by atoms with van der Waals surface area (Å²) < 4.78 is 5.78. The van der Waals surface area contributed by atoms with Crippen LogP contribution < -0.4 is 10.5 Å². The van der Waals surface area contributed by atoms with Crippen LogP contribution in [0.1, 0.15) is 23.1 Å². The summed E-state index contributed by atoms with van der Waals surface area (Å²) in [6.07, 6.45) is 1.93. The Labute approximate surface area is 119 Å². The first-order valence-corrected chi connectivity index (χ1v) is 6.78. The van der Waals surface area contributed by atoms with Gasteiger partial charge in [0.15, 0.2) is 0 Å². The summed E-state index contributed by atoms with van der Waals surface area (Å²) >= 11 is 0. The maximum absolute atomic E-state index is 7.56. The van der Waals surface area contributed by atoms with Crippen LogP contribution in [-0.4, -0.2) is 12.4 Å². The Morgan fingerprint density at radius 2 is 1.90 bits per heavy atom. The fourth-order valence-corrected chi connectivity index (χ4v) is 2.07. The average Bonchev–Trinajstić information content (AvgIpc) is 2.44. The molecule has 0 fully saturated rings. The van der Waals surface area contributed by atoms with Crippen molar-refractivity contribution >= 4 is 5.84 Å². The SMILES string of the molecule is Cc1ccc(C(=N)N)c(OCCCc2ccccc2)c1. The Hall–Kier alpha value is -2.29. The predicted octanol–water partition coefficient (Wildman–Crippen LogP) is 3.29. The molecule has 0 heterocycles. The first-order chi connectivity index (χ1) is 9.66. The predicted molar refractivity (Wildman–Crippen MR) is 82.5 cm³/mol. The van der Waals surface area contributed by atoms with Crippen LogP contribution in [0.25, 0.3) is 0 Å². The molecular weight excluding hydrogens is 248 g/mol. The molecule has 0 atom stereocenters. The lowest BCUT2D eigenvalue weighted by Gasteiger charge is -2.11. The zero-order chi connectivity index (χ0) is 14.4. The number of nitrogen functional groups attached to an aromatic ring is 1. The number of nitrogens with two attached hydrogens (primary N) is 1. The summed E-state index contributed by atoms with van der Waals surface area (Å²) in [5, 5.41) is 7.56. The van der Waals surface area contributed by atoms with E-state index >= 15 is 0 Å². The normalized spacial score (nSPS) is 10.2. The van der Waals surface area contributed by atoms with Crippen molar-refractivity contribution in [2.24, 2.45) is 5.73 Å². The molecule has 2 aromatic rings. The van der Waals surface area contributed by atoms with Gasteiger partial charge < -0.3 is 10.5 Å². The van der Waals surface area contributed by atoms with Crippen LogP contribution in [0.4, 0.5) is 0 Å². The van der Waals surface area contributed by atoms with Crippen molar-refractivity contribution in [2.45, 2.75) is 19.8 Å². The lowest BCUT2D eigenvalue weighted by Crippen LogP contribution is -2.13. The fraction of sp³-hybridized carbons (Fsp3) is 0.235.